The number of hydrogen-bond acceptors (Lipinski definition) is 3. The zero-order valence-corrected chi connectivity index (χ0v) is 10.2. The summed E-state index contributed by atoms with van der Waals surface area (Å²) in [6, 6.07) is 7.10. The molecule has 0 atom stereocenters. The molecule has 1 aromatic heterocycles. The van der Waals surface area contributed by atoms with Crippen molar-refractivity contribution >= 4 is 17.7 Å². The molecule has 93 valence electrons. The van der Waals surface area contributed by atoms with Gasteiger partial charge in [-0.2, -0.15) is 0 Å². The van der Waals surface area contributed by atoms with Gasteiger partial charge in [0.2, 0.25) is 5.95 Å². The summed E-state index contributed by atoms with van der Waals surface area (Å²) < 4.78 is 0. The standard InChI is InChI=1S/C13H15N4O/c1-3-14-11-8-15-13(16-11)17-12(18)10-6-4-5-9(2)7-10/h4-8,14H,2-3H2,1H3,(H2,15,16,17,18). The molecule has 0 aliphatic carbocycles. The van der Waals surface area contributed by atoms with E-state index >= 15 is 0 Å². The number of benzene rings is 1. The van der Waals surface area contributed by atoms with Crippen molar-refractivity contribution in [2.45, 2.75) is 6.92 Å². The Morgan fingerprint density at radius 1 is 1.50 bits per heavy atom. The smallest absolute Gasteiger partial charge is 0.257 e. The lowest BCUT2D eigenvalue weighted by Gasteiger charge is -2.03. The molecule has 0 fully saturated rings. The van der Waals surface area contributed by atoms with Gasteiger partial charge in [0.15, 0.2) is 0 Å². The van der Waals surface area contributed by atoms with Crippen LogP contribution < -0.4 is 10.6 Å². The van der Waals surface area contributed by atoms with E-state index in [0.29, 0.717) is 11.5 Å². The molecule has 2 rings (SSSR count). The summed E-state index contributed by atoms with van der Waals surface area (Å²) in [6.07, 6.45) is 1.64. The van der Waals surface area contributed by atoms with Crippen molar-refractivity contribution in [3.05, 3.63) is 48.5 Å². The molecule has 1 heterocycles. The second-order valence-corrected chi connectivity index (χ2v) is 3.83. The van der Waals surface area contributed by atoms with Crippen molar-refractivity contribution in [2.24, 2.45) is 0 Å². The van der Waals surface area contributed by atoms with Gasteiger partial charge in [0, 0.05) is 12.1 Å². The van der Waals surface area contributed by atoms with Crippen molar-refractivity contribution in [2.75, 3.05) is 17.2 Å². The second-order valence-electron chi connectivity index (χ2n) is 3.83. The number of nitrogens with zero attached hydrogens (tertiary/aromatic N) is 1. The number of anilines is 2. The first kappa shape index (κ1) is 12.2. The molecule has 5 nitrogen and oxygen atoms in total. The summed E-state index contributed by atoms with van der Waals surface area (Å²) in [4.78, 5) is 18.9. The minimum atomic E-state index is -0.210. The van der Waals surface area contributed by atoms with Crippen LogP contribution in [-0.2, 0) is 0 Å². The average molecular weight is 243 g/mol. The molecule has 0 bridgehead atoms. The van der Waals surface area contributed by atoms with Gasteiger partial charge in [-0.3, -0.25) is 10.1 Å². The van der Waals surface area contributed by atoms with Crippen molar-refractivity contribution in [3.63, 3.8) is 0 Å². The molecule has 1 amide bonds. The van der Waals surface area contributed by atoms with E-state index in [-0.39, 0.29) is 5.91 Å². The van der Waals surface area contributed by atoms with Crippen LogP contribution in [0.3, 0.4) is 0 Å². The molecular formula is C13H15N4O. The molecular weight excluding hydrogens is 228 g/mol. The Balaban J connectivity index is 2.06. The Morgan fingerprint density at radius 3 is 3.06 bits per heavy atom. The van der Waals surface area contributed by atoms with E-state index in [2.05, 4.69) is 27.5 Å². The van der Waals surface area contributed by atoms with Crippen LogP contribution in [0.2, 0.25) is 0 Å². The minimum absolute atomic E-state index is 0.210. The Hall–Kier alpha value is -2.30. The average Bonchev–Trinajstić information content (AvgIpc) is 2.77. The zero-order chi connectivity index (χ0) is 13.0. The van der Waals surface area contributed by atoms with Gasteiger partial charge in [0.1, 0.15) is 5.82 Å². The monoisotopic (exact) mass is 243 g/mol. The molecule has 0 aliphatic rings. The highest BCUT2D eigenvalue weighted by Gasteiger charge is 2.08. The maximum absolute atomic E-state index is 11.9. The molecule has 5 heteroatoms. The maximum atomic E-state index is 11.9. The number of nitrogens with one attached hydrogen (secondary N) is 3. The zero-order valence-electron chi connectivity index (χ0n) is 10.2. The van der Waals surface area contributed by atoms with Crippen molar-refractivity contribution in [3.8, 4) is 0 Å². The van der Waals surface area contributed by atoms with Crippen LogP contribution in [0.4, 0.5) is 11.8 Å². The van der Waals surface area contributed by atoms with Gasteiger partial charge < -0.3 is 10.3 Å². The Bertz CT molecular complexity index is 547. The number of aromatic nitrogens is 2. The molecule has 0 aliphatic heterocycles. The fourth-order valence-electron chi connectivity index (χ4n) is 1.56. The number of carbonyl (C=O) groups is 1. The number of rotatable bonds is 4. The van der Waals surface area contributed by atoms with E-state index in [9.17, 15) is 4.79 Å². The predicted octanol–water partition coefficient (Wildman–Crippen LogP) is 2.28. The van der Waals surface area contributed by atoms with E-state index in [1.807, 2.05) is 13.0 Å². The van der Waals surface area contributed by atoms with E-state index in [1.54, 1.807) is 24.4 Å². The molecule has 18 heavy (non-hydrogen) atoms. The lowest BCUT2D eigenvalue weighted by Crippen LogP contribution is -2.13. The number of carbonyl (C=O) groups excluding carboxylic acids is 1. The molecule has 2 aromatic rings. The summed E-state index contributed by atoms with van der Waals surface area (Å²) in [5.74, 6) is 0.988. The molecule has 0 saturated heterocycles. The van der Waals surface area contributed by atoms with E-state index in [1.165, 1.54) is 0 Å². The third kappa shape index (κ3) is 2.88. The van der Waals surface area contributed by atoms with Gasteiger partial charge >= 0.3 is 0 Å². The highest BCUT2D eigenvalue weighted by molar-refractivity contribution is 6.03. The van der Waals surface area contributed by atoms with Gasteiger partial charge in [-0.15, -0.1) is 0 Å². The fraction of sp³-hybridized carbons (Fsp3) is 0.154. The van der Waals surface area contributed by atoms with Crippen molar-refractivity contribution < 1.29 is 4.79 Å². The summed E-state index contributed by atoms with van der Waals surface area (Å²) in [5.41, 5.74) is 1.36. The summed E-state index contributed by atoms with van der Waals surface area (Å²) in [6.45, 7) is 6.56. The number of imidazole rings is 1. The van der Waals surface area contributed by atoms with Gasteiger partial charge in [-0.1, -0.05) is 12.1 Å². The van der Waals surface area contributed by atoms with Crippen LogP contribution in [0.25, 0.3) is 0 Å². The van der Waals surface area contributed by atoms with E-state index in [0.717, 1.165) is 17.9 Å². The summed E-state index contributed by atoms with van der Waals surface area (Å²) in [5, 5.41) is 5.76. The van der Waals surface area contributed by atoms with Crippen LogP contribution >= 0.6 is 0 Å². The molecule has 1 aromatic carbocycles. The van der Waals surface area contributed by atoms with E-state index < -0.39 is 0 Å². The largest absolute Gasteiger partial charge is 0.371 e. The third-order valence-electron chi connectivity index (χ3n) is 2.36. The first-order chi connectivity index (χ1) is 8.69. The second kappa shape index (κ2) is 5.35. The summed E-state index contributed by atoms with van der Waals surface area (Å²) >= 11 is 0. The quantitative estimate of drug-likeness (QED) is 0.771. The number of amides is 1. The van der Waals surface area contributed by atoms with Gasteiger partial charge in [0.25, 0.3) is 5.91 Å². The predicted molar refractivity (Wildman–Crippen MR) is 71.6 cm³/mol. The molecule has 3 N–H and O–H groups in total. The number of hydrogen-bond donors (Lipinski definition) is 3. The Kier molecular flexibility index (Phi) is 3.62. The SMILES string of the molecule is [CH2]c1cccc(C(=O)Nc2ncc(NCC)[nH]2)c1. The molecule has 0 unspecified atom stereocenters. The summed E-state index contributed by atoms with van der Waals surface area (Å²) in [7, 11) is 0. The highest BCUT2D eigenvalue weighted by atomic mass is 16.1. The van der Waals surface area contributed by atoms with E-state index in [4.69, 9.17) is 0 Å². The van der Waals surface area contributed by atoms with Crippen LogP contribution in [0.15, 0.2) is 30.5 Å². The van der Waals surface area contributed by atoms with Crippen LogP contribution in [-0.4, -0.2) is 22.4 Å². The first-order valence-corrected chi connectivity index (χ1v) is 5.71. The normalized spacial score (nSPS) is 10.1. The number of aromatic amines is 1. The van der Waals surface area contributed by atoms with Crippen molar-refractivity contribution in [1.29, 1.82) is 0 Å². The number of H-pyrrole nitrogens is 1. The highest BCUT2D eigenvalue weighted by Crippen LogP contribution is 2.10. The van der Waals surface area contributed by atoms with Crippen molar-refractivity contribution in [1.82, 2.24) is 9.97 Å². The molecule has 0 spiro atoms. The van der Waals surface area contributed by atoms with Gasteiger partial charge in [-0.05, 0) is 31.5 Å². The molecule has 1 radical (unpaired) electrons. The fourth-order valence-corrected chi connectivity index (χ4v) is 1.56. The third-order valence-corrected chi connectivity index (χ3v) is 2.36. The minimum Gasteiger partial charge on any atom is -0.371 e. The van der Waals surface area contributed by atoms with Crippen LogP contribution in [0, 0.1) is 6.92 Å². The maximum Gasteiger partial charge on any atom is 0.257 e. The van der Waals surface area contributed by atoms with Crippen LogP contribution in [0.1, 0.15) is 22.8 Å². The Labute approximate surface area is 106 Å². The lowest BCUT2D eigenvalue weighted by molar-refractivity contribution is 0.102. The van der Waals surface area contributed by atoms with Crippen LogP contribution in [0.5, 0.6) is 0 Å². The topological polar surface area (TPSA) is 69.8 Å². The van der Waals surface area contributed by atoms with Gasteiger partial charge in [0.05, 0.1) is 6.20 Å². The lowest BCUT2D eigenvalue weighted by atomic mass is 10.1. The van der Waals surface area contributed by atoms with Gasteiger partial charge in [-0.25, -0.2) is 4.98 Å². The molecule has 0 saturated carbocycles. The Morgan fingerprint density at radius 2 is 2.33 bits per heavy atom. The first-order valence-electron chi connectivity index (χ1n) is 5.71.